The van der Waals surface area contributed by atoms with Gasteiger partial charge in [0, 0.05) is 25.5 Å². The molecule has 1 aromatic carbocycles. The number of hydrogen-bond donors (Lipinski definition) is 2. The van der Waals surface area contributed by atoms with Crippen molar-refractivity contribution in [2.75, 3.05) is 0 Å². The van der Waals surface area contributed by atoms with Crippen LogP contribution in [0.5, 0.6) is 0 Å². The molecule has 108 valence electrons. The summed E-state index contributed by atoms with van der Waals surface area (Å²) < 4.78 is 14.8. The van der Waals surface area contributed by atoms with Crippen LogP contribution in [-0.2, 0) is 13.6 Å². The van der Waals surface area contributed by atoms with Crippen LogP contribution in [0.3, 0.4) is 0 Å². The smallest absolute Gasteiger partial charge is 0.123 e. The fourth-order valence-corrected chi connectivity index (χ4v) is 2.07. The van der Waals surface area contributed by atoms with Crippen molar-refractivity contribution in [3.05, 3.63) is 53.9 Å². The second-order valence-corrected chi connectivity index (χ2v) is 5.04. The molecule has 2 aromatic rings. The predicted octanol–water partition coefficient (Wildman–Crippen LogP) is 2.16. The molecule has 20 heavy (non-hydrogen) atoms. The van der Waals surface area contributed by atoms with E-state index in [-0.39, 0.29) is 11.9 Å². The molecule has 0 aliphatic heterocycles. The SMILES string of the molecule is C[C@H](C[C@H](O)c1ccc(F)cc1)NCc1nccn1C. The van der Waals surface area contributed by atoms with E-state index in [0.29, 0.717) is 13.0 Å². The Kier molecular flexibility index (Phi) is 4.87. The Morgan fingerprint density at radius 3 is 2.65 bits per heavy atom. The maximum atomic E-state index is 12.8. The average molecular weight is 277 g/mol. The molecular weight excluding hydrogens is 257 g/mol. The molecule has 1 heterocycles. The van der Waals surface area contributed by atoms with Crippen LogP contribution >= 0.6 is 0 Å². The van der Waals surface area contributed by atoms with Gasteiger partial charge in [-0.15, -0.1) is 0 Å². The normalized spacial score (nSPS) is 14.2. The summed E-state index contributed by atoms with van der Waals surface area (Å²) in [5, 5.41) is 13.4. The number of benzene rings is 1. The Balaban J connectivity index is 1.83. The molecule has 4 nitrogen and oxygen atoms in total. The highest BCUT2D eigenvalue weighted by Crippen LogP contribution is 2.18. The van der Waals surface area contributed by atoms with Gasteiger partial charge < -0.3 is 15.0 Å². The van der Waals surface area contributed by atoms with Crippen LogP contribution in [0.2, 0.25) is 0 Å². The molecule has 0 amide bonds. The van der Waals surface area contributed by atoms with E-state index < -0.39 is 6.10 Å². The van der Waals surface area contributed by atoms with Gasteiger partial charge in [-0.3, -0.25) is 0 Å². The van der Waals surface area contributed by atoms with Crippen LogP contribution in [0.25, 0.3) is 0 Å². The van der Waals surface area contributed by atoms with E-state index in [1.807, 2.05) is 24.7 Å². The minimum atomic E-state index is -0.598. The molecule has 0 spiro atoms. The standard InChI is InChI=1S/C15H20FN3O/c1-11(18-10-15-17-7-8-19(15)2)9-14(20)12-3-5-13(16)6-4-12/h3-8,11,14,18,20H,9-10H2,1-2H3/t11-,14+/m1/s1. The van der Waals surface area contributed by atoms with Crippen molar-refractivity contribution in [3.63, 3.8) is 0 Å². The van der Waals surface area contributed by atoms with Gasteiger partial charge in [-0.25, -0.2) is 9.37 Å². The molecule has 0 bridgehead atoms. The summed E-state index contributed by atoms with van der Waals surface area (Å²) in [6.45, 7) is 2.66. The van der Waals surface area contributed by atoms with Gasteiger partial charge in [0.1, 0.15) is 11.6 Å². The molecule has 0 radical (unpaired) electrons. The third-order valence-corrected chi connectivity index (χ3v) is 3.36. The van der Waals surface area contributed by atoms with Gasteiger partial charge in [0.2, 0.25) is 0 Å². The van der Waals surface area contributed by atoms with E-state index in [9.17, 15) is 9.50 Å². The lowest BCUT2D eigenvalue weighted by atomic mass is 10.0. The summed E-state index contributed by atoms with van der Waals surface area (Å²) in [5.41, 5.74) is 0.733. The molecule has 0 saturated heterocycles. The first-order chi connectivity index (χ1) is 9.56. The highest BCUT2D eigenvalue weighted by atomic mass is 19.1. The molecular formula is C15H20FN3O. The van der Waals surface area contributed by atoms with Gasteiger partial charge in [-0.2, -0.15) is 0 Å². The topological polar surface area (TPSA) is 50.1 Å². The lowest BCUT2D eigenvalue weighted by molar-refractivity contribution is 0.153. The van der Waals surface area contributed by atoms with Gasteiger partial charge in [-0.1, -0.05) is 12.1 Å². The number of rotatable bonds is 6. The van der Waals surface area contributed by atoms with Crippen LogP contribution < -0.4 is 5.32 Å². The van der Waals surface area contributed by atoms with E-state index in [0.717, 1.165) is 11.4 Å². The van der Waals surface area contributed by atoms with Crippen molar-refractivity contribution in [1.82, 2.24) is 14.9 Å². The average Bonchev–Trinajstić information content (AvgIpc) is 2.82. The molecule has 0 fully saturated rings. The zero-order chi connectivity index (χ0) is 14.5. The van der Waals surface area contributed by atoms with Crippen molar-refractivity contribution in [2.45, 2.75) is 32.0 Å². The van der Waals surface area contributed by atoms with E-state index in [4.69, 9.17) is 0 Å². The highest BCUT2D eigenvalue weighted by Gasteiger charge is 2.12. The number of nitrogens with zero attached hydrogens (tertiary/aromatic N) is 2. The summed E-state index contributed by atoms with van der Waals surface area (Å²) in [4.78, 5) is 4.23. The molecule has 2 rings (SSSR count). The molecule has 0 aliphatic carbocycles. The molecule has 5 heteroatoms. The van der Waals surface area contributed by atoms with Crippen LogP contribution in [-0.4, -0.2) is 20.7 Å². The van der Waals surface area contributed by atoms with Gasteiger partial charge in [-0.05, 0) is 31.0 Å². The maximum Gasteiger partial charge on any atom is 0.123 e. The Morgan fingerprint density at radius 2 is 2.05 bits per heavy atom. The van der Waals surface area contributed by atoms with E-state index in [2.05, 4.69) is 10.3 Å². The van der Waals surface area contributed by atoms with Gasteiger partial charge in [0.25, 0.3) is 0 Å². The molecule has 1 aromatic heterocycles. The van der Waals surface area contributed by atoms with Gasteiger partial charge in [0.05, 0.1) is 12.6 Å². The lowest BCUT2D eigenvalue weighted by Crippen LogP contribution is -2.28. The largest absolute Gasteiger partial charge is 0.388 e. The molecule has 0 aliphatic rings. The number of nitrogens with one attached hydrogen (secondary N) is 1. The zero-order valence-corrected chi connectivity index (χ0v) is 11.8. The summed E-state index contributed by atoms with van der Waals surface area (Å²) in [7, 11) is 1.95. The number of hydrogen-bond acceptors (Lipinski definition) is 3. The number of aliphatic hydroxyl groups excluding tert-OH is 1. The van der Waals surface area contributed by atoms with Crippen LogP contribution in [0, 0.1) is 5.82 Å². The number of halogens is 1. The van der Waals surface area contributed by atoms with Gasteiger partial charge >= 0.3 is 0 Å². The van der Waals surface area contributed by atoms with Crippen LogP contribution in [0.4, 0.5) is 4.39 Å². The first kappa shape index (κ1) is 14.7. The Bertz CT molecular complexity index is 538. The number of aromatic nitrogens is 2. The Hall–Kier alpha value is -1.72. The molecule has 0 saturated carbocycles. The van der Waals surface area contributed by atoms with Crippen molar-refractivity contribution >= 4 is 0 Å². The third-order valence-electron chi connectivity index (χ3n) is 3.36. The first-order valence-electron chi connectivity index (χ1n) is 6.69. The summed E-state index contributed by atoms with van der Waals surface area (Å²) in [6, 6.07) is 6.10. The van der Waals surface area contributed by atoms with Crippen LogP contribution in [0.15, 0.2) is 36.7 Å². The van der Waals surface area contributed by atoms with Crippen molar-refractivity contribution < 1.29 is 9.50 Å². The predicted molar refractivity (Wildman–Crippen MR) is 75.5 cm³/mol. The summed E-state index contributed by atoms with van der Waals surface area (Å²) >= 11 is 0. The fraction of sp³-hybridized carbons (Fsp3) is 0.400. The zero-order valence-electron chi connectivity index (χ0n) is 11.8. The van der Waals surface area contributed by atoms with Crippen molar-refractivity contribution in [3.8, 4) is 0 Å². The van der Waals surface area contributed by atoms with Crippen molar-refractivity contribution in [1.29, 1.82) is 0 Å². The highest BCUT2D eigenvalue weighted by molar-refractivity contribution is 5.18. The van der Waals surface area contributed by atoms with Crippen molar-refractivity contribution in [2.24, 2.45) is 7.05 Å². The van der Waals surface area contributed by atoms with Crippen LogP contribution in [0.1, 0.15) is 30.8 Å². The van der Waals surface area contributed by atoms with E-state index in [1.165, 1.54) is 12.1 Å². The first-order valence-corrected chi connectivity index (χ1v) is 6.69. The summed E-state index contributed by atoms with van der Waals surface area (Å²) in [5.74, 6) is 0.662. The second kappa shape index (κ2) is 6.63. The number of aryl methyl sites for hydroxylation is 1. The van der Waals surface area contributed by atoms with E-state index >= 15 is 0 Å². The minimum absolute atomic E-state index is 0.131. The molecule has 0 unspecified atom stereocenters. The number of aliphatic hydroxyl groups is 1. The molecule has 2 atom stereocenters. The molecule has 2 N–H and O–H groups in total. The van der Waals surface area contributed by atoms with E-state index in [1.54, 1.807) is 18.3 Å². The monoisotopic (exact) mass is 277 g/mol. The minimum Gasteiger partial charge on any atom is -0.388 e. The maximum absolute atomic E-state index is 12.8. The fourth-order valence-electron chi connectivity index (χ4n) is 2.07. The third kappa shape index (κ3) is 3.88. The number of imidazole rings is 1. The van der Waals surface area contributed by atoms with Gasteiger partial charge in [0.15, 0.2) is 0 Å². The Morgan fingerprint density at radius 1 is 1.35 bits per heavy atom. The second-order valence-electron chi connectivity index (χ2n) is 5.04. The lowest BCUT2D eigenvalue weighted by Gasteiger charge is -2.18. The Labute approximate surface area is 118 Å². The quantitative estimate of drug-likeness (QED) is 0.850. The summed E-state index contributed by atoms with van der Waals surface area (Å²) in [6.07, 6.45) is 3.62.